The number of esters is 2. The fraction of sp³-hybridized carbons (Fsp3) is 0.107. The molecular formula is C28H22ClN3O4. The van der Waals surface area contributed by atoms with Crippen molar-refractivity contribution >= 4 is 29.2 Å². The molecule has 2 N–H and O–H groups in total. The number of hydrogen-bond acceptors (Lipinski definition) is 7. The molecule has 0 fully saturated rings. The van der Waals surface area contributed by atoms with E-state index in [0.29, 0.717) is 16.3 Å². The summed E-state index contributed by atoms with van der Waals surface area (Å²) in [6, 6.07) is 25.5. The van der Waals surface area contributed by atoms with Crippen molar-refractivity contribution < 1.29 is 19.1 Å². The van der Waals surface area contributed by atoms with E-state index in [2.05, 4.69) is 6.07 Å². The Kier molecular flexibility index (Phi) is 7.09. The molecule has 0 spiro atoms. The van der Waals surface area contributed by atoms with E-state index in [0.717, 1.165) is 11.1 Å². The number of nitrogens with two attached hydrogens (primary N) is 1. The summed E-state index contributed by atoms with van der Waals surface area (Å²) >= 11 is 6.03. The van der Waals surface area contributed by atoms with E-state index in [1.807, 2.05) is 24.3 Å². The van der Waals surface area contributed by atoms with Gasteiger partial charge >= 0.3 is 11.9 Å². The molecule has 1 atom stereocenters. The number of anilines is 1. The van der Waals surface area contributed by atoms with Crippen molar-refractivity contribution in [2.75, 3.05) is 19.1 Å². The van der Waals surface area contributed by atoms with Gasteiger partial charge in [0.05, 0.1) is 37.4 Å². The average molecular weight is 500 g/mol. The highest BCUT2D eigenvalue weighted by atomic mass is 35.5. The zero-order valence-electron chi connectivity index (χ0n) is 19.6. The van der Waals surface area contributed by atoms with Gasteiger partial charge in [-0.05, 0) is 41.0 Å². The minimum absolute atomic E-state index is 0.00709. The first-order valence-electron chi connectivity index (χ1n) is 10.9. The Morgan fingerprint density at radius 2 is 1.58 bits per heavy atom. The Morgan fingerprint density at radius 3 is 2.19 bits per heavy atom. The highest BCUT2D eigenvalue weighted by Crippen LogP contribution is 2.43. The topological polar surface area (TPSA) is 106 Å². The molecule has 7 nitrogen and oxygen atoms in total. The zero-order valence-corrected chi connectivity index (χ0v) is 20.3. The number of carbonyl (C=O) groups excluding carboxylic acids is 2. The molecule has 1 unspecified atom stereocenters. The van der Waals surface area contributed by atoms with E-state index >= 15 is 0 Å². The number of allylic oxidation sites excluding steroid dienone is 1. The molecule has 0 saturated heterocycles. The molecule has 1 aliphatic rings. The van der Waals surface area contributed by atoms with Gasteiger partial charge in [-0.2, -0.15) is 5.26 Å². The summed E-state index contributed by atoms with van der Waals surface area (Å²) in [7, 11) is 2.43. The number of nitriles is 1. The van der Waals surface area contributed by atoms with Crippen LogP contribution in [0.4, 0.5) is 5.69 Å². The van der Waals surface area contributed by atoms with Crippen LogP contribution in [0.3, 0.4) is 0 Å². The van der Waals surface area contributed by atoms with Gasteiger partial charge in [0.2, 0.25) is 0 Å². The summed E-state index contributed by atoms with van der Waals surface area (Å²) in [5.74, 6) is -2.49. The maximum absolute atomic E-state index is 13.2. The first kappa shape index (κ1) is 24.6. The molecular weight excluding hydrogens is 478 g/mol. The molecule has 8 heteroatoms. The van der Waals surface area contributed by atoms with E-state index in [1.54, 1.807) is 54.6 Å². The van der Waals surface area contributed by atoms with Crippen molar-refractivity contribution in [2.45, 2.75) is 5.92 Å². The number of benzene rings is 3. The van der Waals surface area contributed by atoms with E-state index < -0.39 is 17.9 Å². The lowest BCUT2D eigenvalue weighted by atomic mass is 9.81. The number of hydrogen-bond donors (Lipinski definition) is 1. The second kappa shape index (κ2) is 10.4. The minimum Gasteiger partial charge on any atom is -0.466 e. The summed E-state index contributed by atoms with van der Waals surface area (Å²) < 4.78 is 10.1. The Bertz CT molecular complexity index is 1420. The first-order chi connectivity index (χ1) is 17.4. The van der Waals surface area contributed by atoms with E-state index in [1.165, 1.54) is 19.1 Å². The van der Waals surface area contributed by atoms with Crippen LogP contribution in [0.25, 0.3) is 11.1 Å². The standard InChI is InChI=1S/C28H22ClN3O4/c1-35-27(33)24-23(18-7-4-3-5-8-18)22(16-30)26(31)32(25(24)28(34)36-2)21-10-6-9-19(15-21)17-11-13-20(29)14-12-17/h3-15,23H,31H2,1-2H3. The number of rotatable bonds is 5. The molecule has 0 aliphatic carbocycles. The van der Waals surface area contributed by atoms with Gasteiger partial charge in [-0.25, -0.2) is 9.59 Å². The van der Waals surface area contributed by atoms with Crippen LogP contribution in [0.2, 0.25) is 5.02 Å². The van der Waals surface area contributed by atoms with Gasteiger partial charge in [-0.3, -0.25) is 4.90 Å². The molecule has 0 bridgehead atoms. The average Bonchev–Trinajstić information content (AvgIpc) is 2.92. The van der Waals surface area contributed by atoms with Gasteiger partial charge in [0.1, 0.15) is 11.5 Å². The van der Waals surface area contributed by atoms with Crippen LogP contribution in [0.5, 0.6) is 0 Å². The summed E-state index contributed by atoms with van der Waals surface area (Å²) in [6.07, 6.45) is 0. The number of carbonyl (C=O) groups is 2. The van der Waals surface area contributed by atoms with E-state index in [4.69, 9.17) is 26.8 Å². The van der Waals surface area contributed by atoms with Crippen molar-refractivity contribution in [3.05, 3.63) is 112 Å². The molecule has 3 aromatic rings. The summed E-state index contributed by atoms with van der Waals surface area (Å²) in [4.78, 5) is 27.7. The largest absolute Gasteiger partial charge is 0.466 e. The summed E-state index contributed by atoms with van der Waals surface area (Å²) in [5.41, 5.74) is 9.25. The Labute approximate surface area is 213 Å². The van der Waals surface area contributed by atoms with Gasteiger partial charge in [-0.15, -0.1) is 0 Å². The normalized spacial score (nSPS) is 15.4. The van der Waals surface area contributed by atoms with E-state index in [-0.39, 0.29) is 22.7 Å². The zero-order chi connectivity index (χ0) is 25.8. The lowest BCUT2D eigenvalue weighted by Gasteiger charge is -2.36. The van der Waals surface area contributed by atoms with Gasteiger partial charge in [0.25, 0.3) is 0 Å². The molecule has 0 amide bonds. The van der Waals surface area contributed by atoms with Gasteiger partial charge < -0.3 is 15.2 Å². The highest BCUT2D eigenvalue weighted by molar-refractivity contribution is 6.30. The molecule has 180 valence electrons. The Balaban J connectivity index is 2.00. The molecule has 0 saturated carbocycles. The third-order valence-corrected chi connectivity index (χ3v) is 6.14. The second-order valence-corrected chi connectivity index (χ2v) is 8.33. The lowest BCUT2D eigenvalue weighted by molar-refractivity contribution is -0.139. The Morgan fingerprint density at radius 1 is 0.917 bits per heavy atom. The molecule has 0 radical (unpaired) electrons. The monoisotopic (exact) mass is 499 g/mol. The van der Waals surface area contributed by atoms with E-state index in [9.17, 15) is 14.9 Å². The second-order valence-electron chi connectivity index (χ2n) is 7.89. The molecule has 3 aromatic carbocycles. The maximum Gasteiger partial charge on any atom is 0.355 e. The summed E-state index contributed by atoms with van der Waals surface area (Å²) in [6.45, 7) is 0. The van der Waals surface area contributed by atoms with Gasteiger partial charge in [-0.1, -0.05) is 66.2 Å². The number of nitrogens with zero attached hydrogens (tertiary/aromatic N) is 2. The molecule has 4 rings (SSSR count). The minimum atomic E-state index is -0.923. The van der Waals surface area contributed by atoms with Crippen LogP contribution in [0, 0.1) is 11.3 Å². The van der Waals surface area contributed by atoms with Crippen LogP contribution in [0.1, 0.15) is 11.5 Å². The third kappa shape index (κ3) is 4.42. The van der Waals surface area contributed by atoms with Crippen LogP contribution in [-0.2, 0) is 19.1 Å². The fourth-order valence-electron chi connectivity index (χ4n) is 4.25. The molecule has 1 heterocycles. The molecule has 0 aromatic heterocycles. The predicted octanol–water partition coefficient (Wildman–Crippen LogP) is 4.90. The van der Waals surface area contributed by atoms with Crippen LogP contribution in [0.15, 0.2) is 102 Å². The number of methoxy groups -OCH3 is 2. The predicted molar refractivity (Wildman–Crippen MR) is 136 cm³/mol. The van der Waals surface area contributed by atoms with Crippen molar-refractivity contribution in [2.24, 2.45) is 5.73 Å². The van der Waals surface area contributed by atoms with Crippen molar-refractivity contribution in [3.63, 3.8) is 0 Å². The lowest BCUT2D eigenvalue weighted by Crippen LogP contribution is -2.40. The maximum atomic E-state index is 13.2. The van der Waals surface area contributed by atoms with Gasteiger partial charge in [0, 0.05) is 10.7 Å². The van der Waals surface area contributed by atoms with Crippen molar-refractivity contribution in [1.29, 1.82) is 5.26 Å². The smallest absolute Gasteiger partial charge is 0.355 e. The summed E-state index contributed by atoms with van der Waals surface area (Å²) in [5, 5.41) is 10.8. The SMILES string of the molecule is COC(=O)C1=C(C(=O)OC)N(c2cccc(-c3ccc(Cl)cc3)c2)C(N)=C(C#N)C1c1ccccc1. The number of ether oxygens (including phenoxy) is 2. The van der Waals surface area contributed by atoms with Gasteiger partial charge in [0.15, 0.2) is 0 Å². The molecule has 1 aliphatic heterocycles. The van der Waals surface area contributed by atoms with Crippen LogP contribution < -0.4 is 10.6 Å². The van der Waals surface area contributed by atoms with Crippen LogP contribution >= 0.6 is 11.6 Å². The quantitative estimate of drug-likeness (QED) is 0.497. The van der Waals surface area contributed by atoms with Crippen molar-refractivity contribution in [3.8, 4) is 17.2 Å². The fourth-order valence-corrected chi connectivity index (χ4v) is 4.37. The first-order valence-corrected chi connectivity index (χ1v) is 11.3. The van der Waals surface area contributed by atoms with Crippen LogP contribution in [-0.4, -0.2) is 26.2 Å². The number of halogens is 1. The highest BCUT2D eigenvalue weighted by Gasteiger charge is 2.43. The third-order valence-electron chi connectivity index (χ3n) is 5.89. The Hall–Kier alpha value is -4.54. The molecule has 36 heavy (non-hydrogen) atoms. The van der Waals surface area contributed by atoms with Crippen molar-refractivity contribution in [1.82, 2.24) is 0 Å².